The van der Waals surface area contributed by atoms with Crippen molar-refractivity contribution in [2.45, 2.75) is 13.8 Å². The van der Waals surface area contributed by atoms with Gasteiger partial charge in [-0.3, -0.25) is 0 Å². The van der Waals surface area contributed by atoms with Crippen LogP contribution >= 0.6 is 11.3 Å². The number of carbonyl (C=O) groups is 1. The van der Waals surface area contributed by atoms with E-state index in [0.29, 0.717) is 17.0 Å². The summed E-state index contributed by atoms with van der Waals surface area (Å²) in [5.41, 5.74) is 2.58. The van der Waals surface area contributed by atoms with Crippen molar-refractivity contribution in [1.82, 2.24) is 4.98 Å². The van der Waals surface area contributed by atoms with Gasteiger partial charge in [0, 0.05) is 4.88 Å². The van der Waals surface area contributed by atoms with E-state index in [2.05, 4.69) is 11.9 Å². The number of aryl methyl sites for hydroxylation is 2. The molecule has 0 saturated heterocycles. The Balaban J connectivity index is 2.13. The fourth-order valence-electron chi connectivity index (χ4n) is 1.84. The second-order valence-electron chi connectivity index (χ2n) is 4.36. The van der Waals surface area contributed by atoms with Crippen LogP contribution in [0.5, 0.6) is 0 Å². The number of hydrogen-bond acceptors (Lipinski definition) is 4. The molecule has 1 aromatic carbocycles. The highest BCUT2D eigenvalue weighted by Gasteiger charge is 2.13. The molecule has 0 bridgehead atoms. The molecule has 0 aliphatic carbocycles. The molecule has 96 valence electrons. The largest absolute Gasteiger partial charge is 0.478 e. The smallest absolute Gasteiger partial charge is 0.335 e. The summed E-state index contributed by atoms with van der Waals surface area (Å²) in [6.45, 7) is 4.09. The molecule has 0 aliphatic rings. The number of rotatable bonds is 2. The normalized spacial score (nSPS) is 11.1. The number of thiophene rings is 1. The molecule has 0 atom stereocenters. The molecule has 3 aromatic rings. The zero-order valence-corrected chi connectivity index (χ0v) is 11.2. The van der Waals surface area contributed by atoms with E-state index in [4.69, 9.17) is 9.52 Å². The van der Waals surface area contributed by atoms with Crippen LogP contribution in [0.25, 0.3) is 21.9 Å². The lowest BCUT2D eigenvalue weighted by Gasteiger charge is -1.91. The number of benzene rings is 1. The standard InChI is InChI=1S/C14H11NO3S/c1-7-5-12(19-8(7)2)13-15-10-6-9(14(16)17)3-4-11(10)18-13/h3-6H,1-2H3,(H,16,17). The van der Waals surface area contributed by atoms with E-state index in [1.54, 1.807) is 17.4 Å². The fraction of sp³-hybridized carbons (Fsp3) is 0.143. The maximum absolute atomic E-state index is 10.9. The second-order valence-corrected chi connectivity index (χ2v) is 5.61. The van der Waals surface area contributed by atoms with Gasteiger partial charge in [-0.15, -0.1) is 11.3 Å². The van der Waals surface area contributed by atoms with Crippen molar-refractivity contribution >= 4 is 28.4 Å². The van der Waals surface area contributed by atoms with Crippen LogP contribution in [0.4, 0.5) is 0 Å². The van der Waals surface area contributed by atoms with Crippen molar-refractivity contribution in [3.8, 4) is 10.8 Å². The molecule has 0 fully saturated rings. The predicted molar refractivity (Wildman–Crippen MR) is 73.8 cm³/mol. The van der Waals surface area contributed by atoms with Crippen molar-refractivity contribution in [2.75, 3.05) is 0 Å². The van der Waals surface area contributed by atoms with Gasteiger partial charge in [-0.25, -0.2) is 9.78 Å². The number of carboxylic acid groups (broad SMARTS) is 1. The summed E-state index contributed by atoms with van der Waals surface area (Å²) in [5.74, 6) is -0.423. The van der Waals surface area contributed by atoms with Gasteiger partial charge in [-0.05, 0) is 43.7 Å². The van der Waals surface area contributed by atoms with Gasteiger partial charge in [-0.2, -0.15) is 0 Å². The summed E-state index contributed by atoms with van der Waals surface area (Å²) in [6, 6.07) is 6.72. The van der Waals surface area contributed by atoms with Gasteiger partial charge in [0.05, 0.1) is 10.4 Å². The summed E-state index contributed by atoms with van der Waals surface area (Å²) < 4.78 is 5.66. The van der Waals surface area contributed by atoms with E-state index in [9.17, 15) is 4.79 Å². The van der Waals surface area contributed by atoms with E-state index in [1.165, 1.54) is 22.6 Å². The van der Waals surface area contributed by atoms with Crippen LogP contribution in [0.1, 0.15) is 20.8 Å². The Kier molecular flexibility index (Phi) is 2.64. The average molecular weight is 273 g/mol. The number of oxazole rings is 1. The molecule has 2 aromatic heterocycles. The first-order chi connectivity index (χ1) is 9.04. The molecule has 0 amide bonds. The molecule has 3 rings (SSSR count). The van der Waals surface area contributed by atoms with Crippen LogP contribution in [0.2, 0.25) is 0 Å². The Morgan fingerprint density at radius 3 is 2.74 bits per heavy atom. The summed E-state index contributed by atoms with van der Waals surface area (Å²) in [4.78, 5) is 17.5. The van der Waals surface area contributed by atoms with Gasteiger partial charge in [-0.1, -0.05) is 0 Å². The van der Waals surface area contributed by atoms with Crippen LogP contribution < -0.4 is 0 Å². The van der Waals surface area contributed by atoms with Gasteiger partial charge < -0.3 is 9.52 Å². The number of hydrogen-bond donors (Lipinski definition) is 1. The van der Waals surface area contributed by atoms with Crippen LogP contribution in [0.15, 0.2) is 28.7 Å². The topological polar surface area (TPSA) is 63.3 Å². The van der Waals surface area contributed by atoms with Gasteiger partial charge in [0.25, 0.3) is 0 Å². The molecule has 0 aliphatic heterocycles. The molecule has 0 radical (unpaired) electrons. The lowest BCUT2D eigenvalue weighted by Crippen LogP contribution is -1.94. The van der Waals surface area contributed by atoms with E-state index >= 15 is 0 Å². The van der Waals surface area contributed by atoms with E-state index < -0.39 is 5.97 Å². The third-order valence-corrected chi connectivity index (χ3v) is 4.15. The number of nitrogens with zero attached hydrogens (tertiary/aromatic N) is 1. The molecule has 4 nitrogen and oxygen atoms in total. The average Bonchev–Trinajstić information content (AvgIpc) is 2.92. The van der Waals surface area contributed by atoms with Crippen LogP contribution in [-0.2, 0) is 0 Å². The van der Waals surface area contributed by atoms with Crippen LogP contribution in [-0.4, -0.2) is 16.1 Å². The number of aromatic carboxylic acids is 1. The Morgan fingerprint density at radius 1 is 1.32 bits per heavy atom. The predicted octanol–water partition coefficient (Wildman–Crippen LogP) is 3.87. The zero-order valence-electron chi connectivity index (χ0n) is 10.4. The van der Waals surface area contributed by atoms with Crippen molar-refractivity contribution in [2.24, 2.45) is 0 Å². The Labute approximate surface area is 113 Å². The number of aromatic nitrogens is 1. The molecule has 0 saturated carbocycles. The SMILES string of the molecule is Cc1cc(-c2nc3cc(C(=O)O)ccc3o2)sc1C. The van der Waals surface area contributed by atoms with Crippen molar-refractivity contribution in [3.05, 3.63) is 40.3 Å². The minimum absolute atomic E-state index is 0.214. The van der Waals surface area contributed by atoms with Crippen molar-refractivity contribution in [3.63, 3.8) is 0 Å². The van der Waals surface area contributed by atoms with E-state index in [-0.39, 0.29) is 5.56 Å². The van der Waals surface area contributed by atoms with Crippen molar-refractivity contribution in [1.29, 1.82) is 0 Å². The summed E-state index contributed by atoms with van der Waals surface area (Å²) in [6.07, 6.45) is 0. The molecule has 19 heavy (non-hydrogen) atoms. The number of carboxylic acids is 1. The lowest BCUT2D eigenvalue weighted by atomic mass is 10.2. The minimum Gasteiger partial charge on any atom is -0.478 e. The van der Waals surface area contributed by atoms with Gasteiger partial charge in [0.2, 0.25) is 5.89 Å². The molecule has 1 N–H and O–H groups in total. The molecule has 0 unspecified atom stereocenters. The maximum atomic E-state index is 10.9. The molecular formula is C14H11NO3S. The summed E-state index contributed by atoms with van der Waals surface area (Å²) >= 11 is 1.62. The van der Waals surface area contributed by atoms with E-state index in [0.717, 1.165) is 4.88 Å². The summed E-state index contributed by atoms with van der Waals surface area (Å²) in [5, 5.41) is 8.95. The maximum Gasteiger partial charge on any atom is 0.335 e. The highest BCUT2D eigenvalue weighted by atomic mass is 32.1. The monoisotopic (exact) mass is 273 g/mol. The molecule has 2 heterocycles. The number of fused-ring (bicyclic) bond motifs is 1. The van der Waals surface area contributed by atoms with E-state index in [1.807, 2.05) is 13.0 Å². The van der Waals surface area contributed by atoms with Gasteiger partial charge >= 0.3 is 5.97 Å². The highest BCUT2D eigenvalue weighted by molar-refractivity contribution is 7.15. The zero-order chi connectivity index (χ0) is 13.6. The highest BCUT2D eigenvalue weighted by Crippen LogP contribution is 2.32. The van der Waals surface area contributed by atoms with Gasteiger partial charge in [0.15, 0.2) is 5.58 Å². The quantitative estimate of drug-likeness (QED) is 0.769. The summed E-state index contributed by atoms with van der Waals surface area (Å²) in [7, 11) is 0. The minimum atomic E-state index is -0.964. The van der Waals surface area contributed by atoms with Crippen LogP contribution in [0.3, 0.4) is 0 Å². The Hall–Kier alpha value is -2.14. The molecule has 5 heteroatoms. The second kappa shape index (κ2) is 4.20. The third kappa shape index (κ3) is 2.02. The first-order valence-electron chi connectivity index (χ1n) is 5.76. The Morgan fingerprint density at radius 2 is 2.11 bits per heavy atom. The lowest BCUT2D eigenvalue weighted by molar-refractivity contribution is 0.0697. The van der Waals surface area contributed by atoms with Gasteiger partial charge in [0.1, 0.15) is 5.52 Å². The first kappa shape index (κ1) is 11.9. The molecule has 0 spiro atoms. The Bertz CT molecular complexity index is 766. The fourth-order valence-corrected chi connectivity index (χ4v) is 2.80. The molecular weight excluding hydrogens is 262 g/mol. The first-order valence-corrected chi connectivity index (χ1v) is 6.57. The van der Waals surface area contributed by atoms with Crippen molar-refractivity contribution < 1.29 is 14.3 Å². The third-order valence-electron chi connectivity index (χ3n) is 3.01. The van der Waals surface area contributed by atoms with Crippen LogP contribution in [0, 0.1) is 13.8 Å².